The molecule has 4 heterocycles. The monoisotopic (exact) mass is 504 g/mol. The Labute approximate surface area is 186 Å². The van der Waals surface area contributed by atoms with Gasteiger partial charge >= 0.3 is 6.09 Å². The van der Waals surface area contributed by atoms with Crippen molar-refractivity contribution in [1.82, 2.24) is 14.9 Å². The van der Waals surface area contributed by atoms with Crippen LogP contribution in [0.2, 0.25) is 10.3 Å². The van der Waals surface area contributed by atoms with Crippen LogP contribution < -0.4 is 4.90 Å². The van der Waals surface area contributed by atoms with Crippen LogP contribution in [0.3, 0.4) is 0 Å². The lowest BCUT2D eigenvalue weighted by molar-refractivity contribution is 0.000822. The lowest BCUT2D eigenvalue weighted by atomic mass is 9.91. The van der Waals surface area contributed by atoms with Gasteiger partial charge in [-0.1, -0.05) is 11.6 Å². The van der Waals surface area contributed by atoms with E-state index in [2.05, 4.69) is 30.8 Å². The standard InChI is InChI=1S/C19H20BrCl2FN4O2/c1-19(2,3)29-18(28)27-8-9-4-5-10(27)7-26(9)16-11-6-12(21)13(20)14(23)15(11)24-17(22)25-16/h6,9-10H,4-5,7-8H2,1-3H3/t9-,10-/m1/s1. The smallest absolute Gasteiger partial charge is 0.410 e. The van der Waals surface area contributed by atoms with Gasteiger partial charge in [0.25, 0.3) is 0 Å². The molecule has 2 bridgehead atoms. The van der Waals surface area contributed by atoms with Crippen molar-refractivity contribution in [3.63, 3.8) is 0 Å². The summed E-state index contributed by atoms with van der Waals surface area (Å²) in [5, 5.41) is 0.697. The van der Waals surface area contributed by atoms with Gasteiger partial charge in [-0.05, 0) is 67.2 Å². The van der Waals surface area contributed by atoms with Gasteiger partial charge in [0.15, 0.2) is 5.82 Å². The molecule has 29 heavy (non-hydrogen) atoms. The number of aromatic nitrogens is 2. The summed E-state index contributed by atoms with van der Waals surface area (Å²) in [6, 6.07) is 1.64. The molecule has 6 nitrogen and oxygen atoms in total. The Bertz CT molecular complexity index is 1000. The Morgan fingerprint density at radius 2 is 1.93 bits per heavy atom. The molecule has 1 amide bonds. The van der Waals surface area contributed by atoms with E-state index in [1.165, 1.54) is 0 Å². The molecular weight excluding hydrogens is 486 g/mol. The van der Waals surface area contributed by atoms with E-state index in [0.717, 1.165) is 12.8 Å². The maximum Gasteiger partial charge on any atom is 0.410 e. The fraction of sp³-hybridized carbons (Fsp3) is 0.526. The number of ether oxygens (including phenoxy) is 1. The average molecular weight is 506 g/mol. The summed E-state index contributed by atoms with van der Waals surface area (Å²) in [5.41, 5.74) is -0.437. The largest absolute Gasteiger partial charge is 0.444 e. The molecule has 10 heteroatoms. The molecule has 3 fully saturated rings. The molecule has 2 aromatic rings. The molecule has 3 aliphatic heterocycles. The molecule has 1 aromatic carbocycles. The average Bonchev–Trinajstić information content (AvgIpc) is 2.65. The zero-order valence-corrected chi connectivity index (χ0v) is 19.3. The molecule has 0 spiro atoms. The summed E-state index contributed by atoms with van der Waals surface area (Å²) in [5.74, 6) is -0.0394. The van der Waals surface area contributed by atoms with E-state index in [1.54, 1.807) is 11.0 Å². The maximum absolute atomic E-state index is 14.7. The second-order valence-electron chi connectivity index (χ2n) is 8.37. The highest BCUT2D eigenvalue weighted by molar-refractivity contribution is 9.10. The first-order valence-electron chi connectivity index (χ1n) is 9.32. The number of fused-ring (bicyclic) bond motifs is 4. The molecule has 156 valence electrons. The number of amides is 1. The first-order chi connectivity index (χ1) is 13.5. The topological polar surface area (TPSA) is 58.6 Å². The number of piperazine rings is 1. The normalized spacial score (nSPS) is 21.8. The van der Waals surface area contributed by atoms with E-state index in [4.69, 9.17) is 27.9 Å². The minimum atomic E-state index is -0.574. The minimum Gasteiger partial charge on any atom is -0.444 e. The zero-order chi connectivity index (χ0) is 21.1. The summed E-state index contributed by atoms with van der Waals surface area (Å²) >= 11 is 15.4. The summed E-state index contributed by atoms with van der Waals surface area (Å²) in [6.07, 6.45) is 1.45. The molecule has 0 saturated carbocycles. The van der Waals surface area contributed by atoms with Gasteiger partial charge in [-0.2, -0.15) is 4.98 Å². The van der Waals surface area contributed by atoms with Gasteiger partial charge in [0.2, 0.25) is 5.28 Å². The SMILES string of the molecule is CC(C)(C)OC(=O)N1C[C@H]2CC[C@@H]1CN2c1nc(Cl)nc2c(F)c(Br)c(Cl)cc12. The van der Waals surface area contributed by atoms with Crippen molar-refractivity contribution in [2.24, 2.45) is 0 Å². The third kappa shape index (κ3) is 3.86. The molecule has 0 N–H and O–H groups in total. The number of benzene rings is 1. The second kappa shape index (κ2) is 7.39. The van der Waals surface area contributed by atoms with E-state index in [-0.39, 0.29) is 38.5 Å². The van der Waals surface area contributed by atoms with Crippen molar-refractivity contribution >= 4 is 61.9 Å². The second-order valence-corrected chi connectivity index (χ2v) is 9.91. The third-order valence-electron chi connectivity index (χ3n) is 5.21. The van der Waals surface area contributed by atoms with Crippen molar-refractivity contribution in [2.45, 2.75) is 51.3 Å². The highest BCUT2D eigenvalue weighted by Gasteiger charge is 2.43. The summed E-state index contributed by atoms with van der Waals surface area (Å²) in [4.78, 5) is 24.9. The Kier molecular flexibility index (Phi) is 5.32. The first kappa shape index (κ1) is 20.9. The van der Waals surface area contributed by atoms with E-state index in [9.17, 15) is 9.18 Å². The first-order valence-corrected chi connectivity index (χ1v) is 10.9. The lowest BCUT2D eigenvalue weighted by Crippen LogP contribution is -2.64. The van der Waals surface area contributed by atoms with Crippen molar-refractivity contribution in [1.29, 1.82) is 0 Å². The molecule has 5 rings (SSSR count). The number of piperidine rings is 2. The van der Waals surface area contributed by atoms with E-state index < -0.39 is 11.4 Å². The van der Waals surface area contributed by atoms with Crippen LogP contribution in [0.1, 0.15) is 33.6 Å². The minimum absolute atomic E-state index is 0.0191. The quantitative estimate of drug-likeness (QED) is 0.382. The van der Waals surface area contributed by atoms with Gasteiger partial charge in [0, 0.05) is 24.5 Å². The fourth-order valence-corrected chi connectivity index (χ4v) is 4.64. The predicted molar refractivity (Wildman–Crippen MR) is 114 cm³/mol. The van der Waals surface area contributed by atoms with E-state index >= 15 is 0 Å². The zero-order valence-electron chi connectivity index (χ0n) is 16.2. The Morgan fingerprint density at radius 1 is 1.24 bits per heavy atom. The highest BCUT2D eigenvalue weighted by atomic mass is 79.9. The van der Waals surface area contributed by atoms with Crippen LogP contribution in [0.5, 0.6) is 0 Å². The van der Waals surface area contributed by atoms with Crippen LogP contribution in [0.4, 0.5) is 15.0 Å². The Hall–Kier alpha value is -1.38. The number of carbonyl (C=O) groups excluding carboxylic acids is 1. The van der Waals surface area contributed by atoms with Gasteiger partial charge in [0.05, 0.1) is 15.5 Å². The molecule has 1 aromatic heterocycles. The van der Waals surface area contributed by atoms with Gasteiger partial charge in [-0.25, -0.2) is 14.2 Å². The Morgan fingerprint density at radius 3 is 2.55 bits per heavy atom. The van der Waals surface area contributed by atoms with Crippen LogP contribution in [-0.2, 0) is 4.74 Å². The number of anilines is 1. The third-order valence-corrected chi connectivity index (χ3v) is 6.68. The van der Waals surface area contributed by atoms with Crippen LogP contribution in [0, 0.1) is 5.82 Å². The number of hydrogen-bond acceptors (Lipinski definition) is 5. The molecule has 0 aliphatic carbocycles. The van der Waals surface area contributed by atoms with Crippen molar-refractivity contribution in [2.75, 3.05) is 18.0 Å². The van der Waals surface area contributed by atoms with Crippen LogP contribution in [0.25, 0.3) is 10.9 Å². The number of rotatable bonds is 1. The summed E-state index contributed by atoms with van der Waals surface area (Å²) < 4.78 is 20.4. The van der Waals surface area contributed by atoms with Crippen molar-refractivity contribution in [3.8, 4) is 0 Å². The van der Waals surface area contributed by atoms with E-state index in [0.29, 0.717) is 24.3 Å². The number of nitrogens with zero attached hydrogens (tertiary/aromatic N) is 4. The van der Waals surface area contributed by atoms with Crippen LogP contribution in [0.15, 0.2) is 10.5 Å². The highest BCUT2D eigenvalue weighted by Crippen LogP contribution is 2.39. The summed E-state index contributed by atoms with van der Waals surface area (Å²) in [6.45, 7) is 6.62. The fourth-order valence-electron chi connectivity index (χ4n) is 3.98. The van der Waals surface area contributed by atoms with Gasteiger partial charge < -0.3 is 14.5 Å². The lowest BCUT2D eigenvalue weighted by Gasteiger charge is -2.51. The molecule has 0 unspecified atom stereocenters. The maximum atomic E-state index is 14.7. The van der Waals surface area contributed by atoms with Crippen LogP contribution >= 0.6 is 39.1 Å². The molecule has 3 saturated heterocycles. The number of carbonyl (C=O) groups is 1. The molecule has 0 radical (unpaired) electrons. The summed E-state index contributed by atoms with van der Waals surface area (Å²) in [7, 11) is 0. The number of hydrogen-bond donors (Lipinski definition) is 0. The van der Waals surface area contributed by atoms with E-state index in [1.807, 2.05) is 20.8 Å². The van der Waals surface area contributed by atoms with Gasteiger partial charge in [-0.3, -0.25) is 0 Å². The van der Waals surface area contributed by atoms with Gasteiger partial charge in [-0.15, -0.1) is 0 Å². The molecular formula is C19H20BrCl2FN4O2. The number of halogens is 4. The van der Waals surface area contributed by atoms with Gasteiger partial charge in [0.1, 0.15) is 16.9 Å². The van der Waals surface area contributed by atoms with Crippen molar-refractivity contribution < 1.29 is 13.9 Å². The van der Waals surface area contributed by atoms with Crippen molar-refractivity contribution in [3.05, 3.63) is 26.7 Å². The predicted octanol–water partition coefficient (Wildman–Crippen LogP) is 5.43. The van der Waals surface area contributed by atoms with Crippen LogP contribution in [-0.4, -0.2) is 51.7 Å². The Balaban J connectivity index is 1.70. The molecule has 3 aliphatic rings. The molecule has 2 atom stereocenters.